The Labute approximate surface area is 178 Å². The second kappa shape index (κ2) is 8.64. The number of hydrogen-bond acceptors (Lipinski definition) is 4. The van der Waals surface area contributed by atoms with Crippen LogP contribution in [0.1, 0.15) is 15.9 Å². The maximum absolute atomic E-state index is 12.6. The molecule has 0 saturated heterocycles. The van der Waals surface area contributed by atoms with Crippen LogP contribution >= 0.6 is 23.4 Å². The lowest BCUT2D eigenvalue weighted by Gasteiger charge is -2.10. The van der Waals surface area contributed by atoms with Crippen molar-refractivity contribution in [1.82, 2.24) is 14.8 Å². The van der Waals surface area contributed by atoms with Crippen molar-refractivity contribution in [3.05, 3.63) is 95.0 Å². The monoisotopic (exact) mass is 419 g/mol. The van der Waals surface area contributed by atoms with Crippen molar-refractivity contribution < 1.29 is 4.79 Å². The summed E-state index contributed by atoms with van der Waals surface area (Å²) >= 11 is 7.29. The fourth-order valence-electron chi connectivity index (χ4n) is 2.91. The maximum Gasteiger partial charge on any atom is 0.196 e. The molecule has 3 aromatic carbocycles. The molecule has 29 heavy (non-hydrogen) atoms. The van der Waals surface area contributed by atoms with Crippen molar-refractivity contribution in [2.45, 2.75) is 12.1 Å². The van der Waals surface area contributed by atoms with Crippen LogP contribution in [0.15, 0.2) is 84.0 Å². The Kier molecular flexibility index (Phi) is 5.79. The van der Waals surface area contributed by atoms with Crippen molar-refractivity contribution in [2.75, 3.05) is 5.75 Å². The molecule has 0 aliphatic rings. The summed E-state index contributed by atoms with van der Waals surface area (Å²) in [6.45, 7) is 2.05. The summed E-state index contributed by atoms with van der Waals surface area (Å²) in [6, 6.07) is 25.0. The topological polar surface area (TPSA) is 47.8 Å². The number of hydrogen-bond donors (Lipinski definition) is 0. The van der Waals surface area contributed by atoms with E-state index in [9.17, 15) is 4.79 Å². The molecule has 0 aliphatic heterocycles. The number of aryl methyl sites for hydroxylation is 1. The van der Waals surface area contributed by atoms with Crippen LogP contribution in [-0.2, 0) is 0 Å². The van der Waals surface area contributed by atoms with Gasteiger partial charge in [-0.1, -0.05) is 71.4 Å². The fraction of sp³-hybridized carbons (Fsp3) is 0.0870. The van der Waals surface area contributed by atoms with Crippen molar-refractivity contribution in [1.29, 1.82) is 0 Å². The van der Waals surface area contributed by atoms with Crippen LogP contribution in [-0.4, -0.2) is 26.3 Å². The molecule has 0 amide bonds. The third-order valence-electron chi connectivity index (χ3n) is 4.46. The largest absolute Gasteiger partial charge is 0.293 e. The highest BCUT2D eigenvalue weighted by molar-refractivity contribution is 7.99. The van der Waals surface area contributed by atoms with E-state index in [1.54, 1.807) is 24.3 Å². The van der Waals surface area contributed by atoms with Gasteiger partial charge in [-0.05, 0) is 43.3 Å². The lowest BCUT2D eigenvalue weighted by Crippen LogP contribution is -2.05. The van der Waals surface area contributed by atoms with Crippen LogP contribution in [0.4, 0.5) is 0 Å². The van der Waals surface area contributed by atoms with Gasteiger partial charge in [0.15, 0.2) is 16.8 Å². The van der Waals surface area contributed by atoms with E-state index < -0.39 is 0 Å². The Morgan fingerprint density at radius 3 is 2.31 bits per heavy atom. The number of nitrogens with zero attached hydrogens (tertiary/aromatic N) is 3. The van der Waals surface area contributed by atoms with E-state index in [4.69, 9.17) is 11.6 Å². The Bertz CT molecular complexity index is 1120. The summed E-state index contributed by atoms with van der Waals surface area (Å²) in [4.78, 5) is 12.6. The normalized spacial score (nSPS) is 10.8. The van der Waals surface area contributed by atoms with Gasteiger partial charge in [0.25, 0.3) is 0 Å². The molecule has 1 aromatic heterocycles. The van der Waals surface area contributed by atoms with Gasteiger partial charge in [-0.2, -0.15) is 0 Å². The Hall–Kier alpha value is -2.89. The second-order valence-corrected chi connectivity index (χ2v) is 7.94. The molecule has 0 saturated carbocycles. The van der Waals surface area contributed by atoms with E-state index in [1.807, 2.05) is 47.0 Å². The fourth-order valence-corrected chi connectivity index (χ4v) is 3.89. The lowest BCUT2D eigenvalue weighted by atomic mass is 10.1. The highest BCUT2D eigenvalue weighted by Crippen LogP contribution is 2.28. The number of benzene rings is 3. The molecule has 0 unspecified atom stereocenters. The molecule has 6 heteroatoms. The molecule has 0 fully saturated rings. The molecule has 4 aromatic rings. The van der Waals surface area contributed by atoms with Gasteiger partial charge in [0.2, 0.25) is 0 Å². The van der Waals surface area contributed by atoms with Gasteiger partial charge in [0, 0.05) is 21.8 Å². The number of carbonyl (C=O) groups is 1. The molecule has 4 nitrogen and oxygen atoms in total. The van der Waals surface area contributed by atoms with E-state index in [-0.39, 0.29) is 11.5 Å². The summed E-state index contributed by atoms with van der Waals surface area (Å²) < 4.78 is 1.99. The van der Waals surface area contributed by atoms with Crippen molar-refractivity contribution in [2.24, 2.45) is 0 Å². The molecule has 0 radical (unpaired) electrons. The zero-order valence-electron chi connectivity index (χ0n) is 15.7. The van der Waals surface area contributed by atoms with Crippen LogP contribution in [0.5, 0.6) is 0 Å². The lowest BCUT2D eigenvalue weighted by molar-refractivity contribution is 0.102. The van der Waals surface area contributed by atoms with Crippen molar-refractivity contribution in [3.8, 4) is 17.1 Å². The van der Waals surface area contributed by atoms with Gasteiger partial charge in [-0.3, -0.25) is 9.36 Å². The van der Waals surface area contributed by atoms with Crippen LogP contribution < -0.4 is 0 Å². The van der Waals surface area contributed by atoms with Crippen molar-refractivity contribution in [3.63, 3.8) is 0 Å². The molecule has 0 atom stereocenters. The standard InChI is InChI=1S/C23H18ClN3OS/c1-16-7-13-20(14-8-16)27-22(18-5-3-2-4-6-18)25-26-23(27)29-15-21(28)17-9-11-19(24)12-10-17/h2-14H,15H2,1H3. The van der Waals surface area contributed by atoms with E-state index in [1.165, 1.54) is 17.3 Å². The molecular weight excluding hydrogens is 402 g/mol. The first kappa shape index (κ1) is 19.4. The van der Waals surface area contributed by atoms with Crippen LogP contribution in [0.3, 0.4) is 0 Å². The highest BCUT2D eigenvalue weighted by atomic mass is 35.5. The minimum absolute atomic E-state index is 0.0198. The van der Waals surface area contributed by atoms with E-state index in [2.05, 4.69) is 29.3 Å². The third kappa shape index (κ3) is 4.42. The number of aromatic nitrogens is 3. The maximum atomic E-state index is 12.6. The number of thioether (sulfide) groups is 1. The smallest absolute Gasteiger partial charge is 0.196 e. The Morgan fingerprint density at radius 1 is 0.931 bits per heavy atom. The van der Waals surface area contributed by atoms with Crippen LogP contribution in [0, 0.1) is 6.92 Å². The number of rotatable bonds is 6. The van der Waals surface area contributed by atoms with Gasteiger partial charge in [0.05, 0.1) is 5.75 Å². The Morgan fingerprint density at radius 2 is 1.62 bits per heavy atom. The van der Waals surface area contributed by atoms with Crippen LogP contribution in [0.25, 0.3) is 17.1 Å². The summed E-state index contributed by atoms with van der Waals surface area (Å²) in [5.74, 6) is 1.03. The third-order valence-corrected chi connectivity index (χ3v) is 5.64. The number of ketones is 1. The summed E-state index contributed by atoms with van der Waals surface area (Å²) in [6.07, 6.45) is 0. The van der Waals surface area contributed by atoms with Gasteiger partial charge in [0.1, 0.15) is 0 Å². The summed E-state index contributed by atoms with van der Waals surface area (Å²) in [7, 11) is 0. The zero-order chi connectivity index (χ0) is 20.2. The quantitative estimate of drug-likeness (QED) is 0.289. The number of carbonyl (C=O) groups excluding carboxylic acids is 1. The van der Waals surface area contributed by atoms with Crippen LogP contribution in [0.2, 0.25) is 5.02 Å². The molecule has 4 rings (SSSR count). The predicted octanol–water partition coefficient (Wildman–Crippen LogP) is 5.87. The zero-order valence-corrected chi connectivity index (χ0v) is 17.3. The first-order chi connectivity index (χ1) is 14.1. The molecule has 144 valence electrons. The molecule has 0 spiro atoms. The number of halogens is 1. The van der Waals surface area contributed by atoms with Gasteiger partial charge < -0.3 is 0 Å². The Balaban J connectivity index is 1.66. The average molecular weight is 420 g/mol. The SMILES string of the molecule is Cc1ccc(-n2c(SCC(=O)c3ccc(Cl)cc3)nnc2-c2ccccc2)cc1. The number of Topliss-reactive ketones (excluding diaryl/α,β-unsaturated/α-hetero) is 1. The summed E-state index contributed by atoms with van der Waals surface area (Å²) in [5.41, 5.74) is 3.74. The van der Waals surface area contributed by atoms with Gasteiger partial charge in [-0.25, -0.2) is 0 Å². The second-order valence-electron chi connectivity index (χ2n) is 6.56. The van der Waals surface area contributed by atoms with E-state index in [0.29, 0.717) is 15.7 Å². The molecule has 0 bridgehead atoms. The highest BCUT2D eigenvalue weighted by Gasteiger charge is 2.17. The molecule has 0 N–H and O–H groups in total. The summed E-state index contributed by atoms with van der Waals surface area (Å²) in [5, 5.41) is 10.1. The van der Waals surface area contributed by atoms with Crippen molar-refractivity contribution >= 4 is 29.1 Å². The minimum Gasteiger partial charge on any atom is -0.293 e. The molecular formula is C23H18ClN3OS. The van der Waals surface area contributed by atoms with Gasteiger partial charge in [-0.15, -0.1) is 10.2 Å². The van der Waals surface area contributed by atoms with Gasteiger partial charge >= 0.3 is 0 Å². The first-order valence-corrected chi connectivity index (χ1v) is 10.5. The predicted molar refractivity (Wildman–Crippen MR) is 118 cm³/mol. The van der Waals surface area contributed by atoms with E-state index in [0.717, 1.165) is 17.1 Å². The minimum atomic E-state index is 0.0198. The van der Waals surface area contributed by atoms with E-state index >= 15 is 0 Å². The average Bonchev–Trinajstić information content (AvgIpc) is 3.17. The first-order valence-electron chi connectivity index (χ1n) is 9.11. The molecule has 1 heterocycles. The molecule has 0 aliphatic carbocycles.